The van der Waals surface area contributed by atoms with Crippen LogP contribution >= 0.6 is 0 Å². The second kappa shape index (κ2) is 19.5. The fraction of sp³-hybridized carbons (Fsp3) is 0.818. The Labute approximate surface area is 315 Å². The Morgan fingerprint density at radius 1 is 0.827 bits per heavy atom. The van der Waals surface area contributed by atoms with E-state index in [2.05, 4.69) is 36.7 Å². The van der Waals surface area contributed by atoms with Gasteiger partial charge < -0.3 is 31.5 Å². The highest BCUT2D eigenvalue weighted by Gasteiger charge is 2.63. The van der Waals surface area contributed by atoms with Crippen molar-refractivity contribution >= 4 is 11.9 Å². The van der Waals surface area contributed by atoms with Gasteiger partial charge in [0.25, 0.3) is 0 Å². The third-order valence-electron chi connectivity index (χ3n) is 14.9. The van der Waals surface area contributed by atoms with Crippen LogP contribution in [0.25, 0.3) is 0 Å². The number of fused-ring (bicyclic) bond motifs is 5. The number of nitrogens with two attached hydrogens (primary N) is 1. The van der Waals surface area contributed by atoms with E-state index in [-0.39, 0.29) is 28.8 Å². The van der Waals surface area contributed by atoms with Gasteiger partial charge in [-0.05, 0) is 175 Å². The van der Waals surface area contributed by atoms with Crippen LogP contribution in [0.3, 0.4) is 0 Å². The number of carbonyl (C=O) groups excluding carboxylic acids is 1. The van der Waals surface area contributed by atoms with Gasteiger partial charge in [-0.2, -0.15) is 0 Å². The first kappa shape index (κ1) is 41.2. The molecular weight excluding hydrogens is 649 g/mol. The van der Waals surface area contributed by atoms with Crippen LogP contribution in [0.1, 0.15) is 134 Å². The predicted molar refractivity (Wildman–Crippen MR) is 211 cm³/mol. The maximum atomic E-state index is 13.7. The third-order valence-corrected chi connectivity index (χ3v) is 14.9. The lowest BCUT2D eigenvalue weighted by atomic mass is 9.43. The van der Waals surface area contributed by atoms with Crippen LogP contribution in [0, 0.1) is 52.3 Å². The van der Waals surface area contributed by atoms with E-state index in [9.17, 15) is 14.7 Å². The van der Waals surface area contributed by atoms with Gasteiger partial charge in [0.1, 0.15) is 6.10 Å². The predicted octanol–water partition coefficient (Wildman–Crippen LogP) is 7.66. The summed E-state index contributed by atoms with van der Waals surface area (Å²) in [5.74, 6) is 2.24. The van der Waals surface area contributed by atoms with Gasteiger partial charge in [0.05, 0.1) is 11.5 Å². The number of carbonyl (C=O) groups is 2. The highest BCUT2D eigenvalue weighted by molar-refractivity contribution is 5.89. The molecule has 0 saturated heterocycles. The van der Waals surface area contributed by atoms with E-state index in [0.717, 1.165) is 77.8 Å². The summed E-state index contributed by atoms with van der Waals surface area (Å²) in [4.78, 5) is 25.1. The number of carboxylic acids is 1. The van der Waals surface area contributed by atoms with Gasteiger partial charge >= 0.3 is 11.9 Å². The number of rotatable bonds is 21. The van der Waals surface area contributed by atoms with E-state index in [0.29, 0.717) is 47.1 Å². The molecule has 0 amide bonds. The molecule has 8 heteroatoms. The Balaban J connectivity index is 1.19. The van der Waals surface area contributed by atoms with Gasteiger partial charge in [0.15, 0.2) is 0 Å². The summed E-state index contributed by atoms with van der Waals surface area (Å²) in [6.45, 7) is 15.5. The Morgan fingerprint density at radius 2 is 1.50 bits per heavy atom. The van der Waals surface area contributed by atoms with E-state index in [1.807, 2.05) is 37.3 Å². The normalized spacial score (nSPS) is 33.8. The van der Waals surface area contributed by atoms with Crippen LogP contribution in [0.5, 0.6) is 0 Å². The van der Waals surface area contributed by atoms with Gasteiger partial charge in [0, 0.05) is 12.0 Å². The zero-order valence-electron chi connectivity index (χ0n) is 33.2. The summed E-state index contributed by atoms with van der Waals surface area (Å²) >= 11 is 0. The third kappa shape index (κ3) is 9.99. The molecule has 6 N–H and O–H groups in total. The number of hydrogen-bond donors (Lipinski definition) is 5. The summed E-state index contributed by atoms with van der Waals surface area (Å²) in [5.41, 5.74) is 6.76. The molecule has 4 aliphatic rings. The number of aliphatic carboxylic acids is 1. The van der Waals surface area contributed by atoms with Gasteiger partial charge in [0.2, 0.25) is 0 Å². The molecule has 1 aromatic carbocycles. The SMILES string of the molecule is CC(CCC[C@@H](C)[C@H]1CCC2C3C(CC[C@@]21C)[C@@]1(C)CC[C@H](NCCCNCCCCNCCCN)C[C@@H]1C[C@H]3OC(=O)c1ccccc1)C(=O)O. The molecule has 0 spiro atoms. The van der Waals surface area contributed by atoms with E-state index in [4.69, 9.17) is 10.5 Å². The maximum absolute atomic E-state index is 13.7. The quantitative estimate of drug-likeness (QED) is 0.0647. The summed E-state index contributed by atoms with van der Waals surface area (Å²) < 4.78 is 6.68. The first-order valence-corrected chi connectivity index (χ1v) is 21.4. The van der Waals surface area contributed by atoms with Crippen LogP contribution < -0.4 is 21.7 Å². The highest BCUT2D eigenvalue weighted by Crippen LogP contribution is 2.68. The van der Waals surface area contributed by atoms with Gasteiger partial charge in [-0.3, -0.25) is 4.79 Å². The number of carboxylic acid groups (broad SMARTS) is 1. The van der Waals surface area contributed by atoms with Crippen molar-refractivity contribution in [1.82, 2.24) is 16.0 Å². The molecule has 11 atom stereocenters. The zero-order chi connectivity index (χ0) is 37.1. The largest absolute Gasteiger partial charge is 0.481 e. The van der Waals surface area contributed by atoms with Crippen molar-refractivity contribution in [3.63, 3.8) is 0 Å². The Hall–Kier alpha value is -2.00. The molecule has 5 rings (SSSR count). The minimum Gasteiger partial charge on any atom is -0.481 e. The highest BCUT2D eigenvalue weighted by atomic mass is 16.5. The van der Waals surface area contributed by atoms with E-state index < -0.39 is 5.97 Å². The fourth-order valence-corrected chi connectivity index (χ4v) is 11.8. The van der Waals surface area contributed by atoms with Crippen molar-refractivity contribution in [1.29, 1.82) is 0 Å². The summed E-state index contributed by atoms with van der Waals surface area (Å²) in [6.07, 6.45) is 17.0. The number of esters is 1. The van der Waals surface area contributed by atoms with Crippen molar-refractivity contribution in [2.75, 3.05) is 39.3 Å². The monoisotopic (exact) mass is 723 g/mol. The topological polar surface area (TPSA) is 126 Å². The zero-order valence-corrected chi connectivity index (χ0v) is 33.2. The van der Waals surface area contributed by atoms with Crippen molar-refractivity contribution < 1.29 is 19.4 Å². The first-order valence-electron chi connectivity index (χ1n) is 21.4. The standard InChI is InChI=1S/C44H74N4O4/c1-31(13-10-14-32(2)41(49)50)36-17-18-37-40-38(20-22-44(36,37)4)43(3)21-19-35(48-28-12-27-47-25-9-8-24-46-26-11-23-45)29-34(43)30-39(40)52-42(51)33-15-6-5-7-16-33/h5-7,15-16,31-32,34-40,46-48H,8-14,17-30,45H2,1-4H3,(H,49,50)/t31-,32?,34-,35+,36-,37?,38?,39-,40?,43+,44-/m1/s1. The second-order valence-electron chi connectivity index (χ2n) is 18.0. The van der Waals surface area contributed by atoms with E-state index in [1.54, 1.807) is 0 Å². The van der Waals surface area contributed by atoms with Crippen LogP contribution in [0.4, 0.5) is 0 Å². The number of ether oxygens (including phenoxy) is 1. The summed E-state index contributed by atoms with van der Waals surface area (Å²) in [5, 5.41) is 20.5. The van der Waals surface area contributed by atoms with Crippen molar-refractivity contribution in [2.45, 2.75) is 136 Å². The molecule has 0 heterocycles. The lowest BCUT2D eigenvalue weighted by Gasteiger charge is -2.63. The van der Waals surface area contributed by atoms with E-state index >= 15 is 0 Å². The van der Waals surface area contributed by atoms with E-state index in [1.165, 1.54) is 57.8 Å². The van der Waals surface area contributed by atoms with Gasteiger partial charge in [-0.1, -0.05) is 58.7 Å². The lowest BCUT2D eigenvalue weighted by molar-refractivity contribution is -0.168. The summed E-state index contributed by atoms with van der Waals surface area (Å²) in [7, 11) is 0. The van der Waals surface area contributed by atoms with Crippen LogP contribution in [-0.4, -0.2) is 68.5 Å². The Bertz CT molecular complexity index is 1250. The molecule has 4 unspecified atom stereocenters. The Morgan fingerprint density at radius 3 is 2.21 bits per heavy atom. The Kier molecular flexibility index (Phi) is 15.5. The molecular formula is C44H74N4O4. The van der Waals surface area contributed by atoms with Crippen molar-refractivity contribution in [2.24, 2.45) is 58.0 Å². The van der Waals surface area contributed by atoms with Gasteiger partial charge in [-0.15, -0.1) is 0 Å². The number of hydrogen-bond acceptors (Lipinski definition) is 7. The molecule has 1 aromatic rings. The second-order valence-corrected chi connectivity index (χ2v) is 18.0. The van der Waals surface area contributed by atoms with Crippen LogP contribution in [0.2, 0.25) is 0 Å². The molecule has 0 radical (unpaired) electrons. The molecule has 0 aliphatic heterocycles. The van der Waals surface area contributed by atoms with Crippen molar-refractivity contribution in [3.8, 4) is 0 Å². The molecule has 0 aromatic heterocycles. The van der Waals surface area contributed by atoms with Crippen LogP contribution in [-0.2, 0) is 9.53 Å². The molecule has 52 heavy (non-hydrogen) atoms. The minimum absolute atomic E-state index is 0.0373. The molecule has 4 fully saturated rings. The first-order chi connectivity index (χ1) is 25.1. The van der Waals surface area contributed by atoms with Gasteiger partial charge in [-0.25, -0.2) is 4.79 Å². The summed E-state index contributed by atoms with van der Waals surface area (Å²) in [6, 6.07) is 10.2. The number of unbranched alkanes of at least 4 members (excludes halogenated alkanes) is 1. The molecule has 4 saturated carbocycles. The average Bonchev–Trinajstić information content (AvgIpc) is 3.49. The minimum atomic E-state index is -0.679. The lowest BCUT2D eigenvalue weighted by Crippen LogP contribution is -2.60. The molecule has 0 bridgehead atoms. The van der Waals surface area contributed by atoms with Crippen molar-refractivity contribution in [3.05, 3.63) is 35.9 Å². The number of benzene rings is 1. The molecule has 4 aliphatic carbocycles. The maximum Gasteiger partial charge on any atom is 0.338 e. The molecule has 8 nitrogen and oxygen atoms in total. The number of nitrogens with one attached hydrogen (secondary N) is 3. The molecule has 294 valence electrons. The smallest absolute Gasteiger partial charge is 0.338 e. The fourth-order valence-electron chi connectivity index (χ4n) is 11.8. The average molecular weight is 723 g/mol. The van der Waals surface area contributed by atoms with Crippen LogP contribution in [0.15, 0.2) is 30.3 Å².